The van der Waals surface area contributed by atoms with Crippen LogP contribution < -0.4 is 16.0 Å². The topological polar surface area (TPSA) is 143 Å². The zero-order valence-corrected chi connectivity index (χ0v) is 29.6. The Balaban J connectivity index is 1.20. The van der Waals surface area contributed by atoms with Gasteiger partial charge >= 0.3 is 12.1 Å². The minimum Gasteiger partial charge on any atom is -0.458 e. The van der Waals surface area contributed by atoms with Gasteiger partial charge in [-0.15, -0.1) is 0 Å². The number of rotatable bonds is 10. The molecule has 0 bridgehead atoms. The summed E-state index contributed by atoms with van der Waals surface area (Å²) in [5, 5.41) is 7.86. The van der Waals surface area contributed by atoms with E-state index < -0.39 is 60.1 Å². The molecule has 3 aromatic carbocycles. The first kappa shape index (κ1) is 36.8. The third-order valence-electron chi connectivity index (χ3n) is 9.08. The van der Waals surface area contributed by atoms with Gasteiger partial charge in [-0.1, -0.05) is 91.0 Å². The summed E-state index contributed by atoms with van der Waals surface area (Å²) >= 11 is 0. The molecule has 1 heterocycles. The molecule has 2 unspecified atom stereocenters. The number of esters is 1. The molecule has 0 fully saturated rings. The lowest BCUT2D eigenvalue weighted by atomic mass is 9.91. The van der Waals surface area contributed by atoms with E-state index in [1.165, 1.54) is 4.90 Å². The molecule has 11 heteroatoms. The van der Waals surface area contributed by atoms with Crippen molar-refractivity contribution in [1.82, 2.24) is 20.9 Å². The molecule has 3 aromatic rings. The number of benzene rings is 3. The first-order chi connectivity index (χ1) is 24.4. The molecule has 0 aromatic heterocycles. The van der Waals surface area contributed by atoms with Gasteiger partial charge in [0.1, 0.15) is 30.3 Å². The van der Waals surface area contributed by atoms with Crippen molar-refractivity contribution in [1.29, 1.82) is 0 Å². The van der Waals surface area contributed by atoms with E-state index in [2.05, 4.69) is 16.0 Å². The van der Waals surface area contributed by atoms with Crippen LogP contribution in [0.4, 0.5) is 4.79 Å². The molecular formula is C40H46N4O7. The maximum absolute atomic E-state index is 14.0. The average molecular weight is 695 g/mol. The van der Waals surface area contributed by atoms with E-state index in [1.54, 1.807) is 27.7 Å². The van der Waals surface area contributed by atoms with Crippen molar-refractivity contribution in [3.63, 3.8) is 0 Å². The molecular weight excluding hydrogens is 648 g/mol. The molecule has 4 amide bonds. The van der Waals surface area contributed by atoms with Crippen LogP contribution in [0.1, 0.15) is 69.6 Å². The van der Waals surface area contributed by atoms with Gasteiger partial charge in [0.05, 0.1) is 6.54 Å². The number of carbonyl (C=O) groups is 5. The van der Waals surface area contributed by atoms with Gasteiger partial charge in [-0.25, -0.2) is 9.59 Å². The number of fused-ring (bicyclic) bond motifs is 3. The van der Waals surface area contributed by atoms with Crippen LogP contribution in [-0.2, 0) is 35.2 Å². The fourth-order valence-electron chi connectivity index (χ4n) is 6.42. The summed E-state index contributed by atoms with van der Waals surface area (Å²) in [6, 6.07) is 24.3. The Morgan fingerprint density at radius 3 is 2.14 bits per heavy atom. The summed E-state index contributed by atoms with van der Waals surface area (Å²) in [6.07, 6.45) is 3.94. The molecule has 2 atom stereocenters. The number of hydrogen-bond acceptors (Lipinski definition) is 7. The van der Waals surface area contributed by atoms with Gasteiger partial charge in [0, 0.05) is 12.5 Å². The van der Waals surface area contributed by atoms with Gasteiger partial charge < -0.3 is 30.3 Å². The van der Waals surface area contributed by atoms with E-state index in [1.807, 2.05) is 91.0 Å². The summed E-state index contributed by atoms with van der Waals surface area (Å²) in [6.45, 7) is 6.26. The molecule has 0 saturated heterocycles. The lowest BCUT2D eigenvalue weighted by molar-refractivity contribution is -0.160. The molecule has 11 nitrogen and oxygen atoms in total. The minimum absolute atomic E-state index is 0.0816. The highest BCUT2D eigenvalue weighted by atomic mass is 16.6. The highest BCUT2D eigenvalue weighted by Gasteiger charge is 2.43. The molecule has 3 N–H and O–H groups in total. The molecule has 1 aliphatic carbocycles. The molecule has 2 aliphatic rings. The fraction of sp³-hybridized carbons (Fsp3) is 0.375. The van der Waals surface area contributed by atoms with Crippen LogP contribution in [0.2, 0.25) is 0 Å². The molecule has 0 spiro atoms. The van der Waals surface area contributed by atoms with Crippen LogP contribution in [0.15, 0.2) is 91.0 Å². The average Bonchev–Trinajstić information content (AvgIpc) is 3.46. The van der Waals surface area contributed by atoms with Crippen molar-refractivity contribution in [3.8, 4) is 11.1 Å². The second kappa shape index (κ2) is 16.1. The third-order valence-corrected chi connectivity index (χ3v) is 9.08. The Labute approximate surface area is 298 Å². The van der Waals surface area contributed by atoms with Crippen LogP contribution in [0.25, 0.3) is 11.1 Å². The van der Waals surface area contributed by atoms with Gasteiger partial charge in [0.2, 0.25) is 17.7 Å². The number of allylic oxidation sites excluding steroid dienone is 1. The van der Waals surface area contributed by atoms with Gasteiger partial charge in [-0.05, 0) is 74.8 Å². The smallest absolute Gasteiger partial charge is 0.407 e. The number of nitrogens with zero attached hydrogens (tertiary/aromatic N) is 1. The summed E-state index contributed by atoms with van der Waals surface area (Å²) in [5.41, 5.74) is 3.00. The highest BCUT2D eigenvalue weighted by Crippen LogP contribution is 2.44. The molecule has 5 rings (SSSR count). The van der Waals surface area contributed by atoms with E-state index in [-0.39, 0.29) is 31.9 Å². The molecule has 0 saturated carbocycles. The number of hydrogen-bond donors (Lipinski definition) is 3. The maximum Gasteiger partial charge on any atom is 0.407 e. The van der Waals surface area contributed by atoms with E-state index in [0.717, 1.165) is 27.8 Å². The second-order valence-electron chi connectivity index (χ2n) is 14.0. The van der Waals surface area contributed by atoms with Crippen molar-refractivity contribution in [2.24, 2.45) is 0 Å². The van der Waals surface area contributed by atoms with Crippen LogP contribution in [-0.4, -0.2) is 71.6 Å². The van der Waals surface area contributed by atoms with E-state index >= 15 is 0 Å². The summed E-state index contributed by atoms with van der Waals surface area (Å²) in [4.78, 5) is 67.8. The van der Waals surface area contributed by atoms with Crippen molar-refractivity contribution < 1.29 is 33.4 Å². The fourth-order valence-corrected chi connectivity index (χ4v) is 6.42. The predicted molar refractivity (Wildman–Crippen MR) is 192 cm³/mol. The normalized spacial score (nSPS) is 19.1. The molecule has 268 valence electrons. The summed E-state index contributed by atoms with van der Waals surface area (Å²) in [7, 11) is 0. The van der Waals surface area contributed by atoms with Crippen LogP contribution in [0.3, 0.4) is 0 Å². The predicted octanol–water partition coefficient (Wildman–Crippen LogP) is 5.00. The Morgan fingerprint density at radius 2 is 1.49 bits per heavy atom. The van der Waals surface area contributed by atoms with Crippen molar-refractivity contribution in [3.05, 3.63) is 108 Å². The number of amides is 4. The van der Waals surface area contributed by atoms with Crippen LogP contribution in [0, 0.1) is 0 Å². The first-order valence-corrected chi connectivity index (χ1v) is 17.2. The zero-order valence-electron chi connectivity index (χ0n) is 29.6. The number of carbonyl (C=O) groups excluding carboxylic acids is 5. The summed E-state index contributed by atoms with van der Waals surface area (Å²) < 4.78 is 11.1. The van der Waals surface area contributed by atoms with E-state index in [9.17, 15) is 24.0 Å². The number of ether oxygens (including phenoxy) is 2. The van der Waals surface area contributed by atoms with Gasteiger partial charge in [0.25, 0.3) is 0 Å². The first-order valence-electron chi connectivity index (χ1n) is 17.2. The number of alkyl carbamates (subject to hydrolysis) is 1. The van der Waals surface area contributed by atoms with Crippen LogP contribution >= 0.6 is 0 Å². The van der Waals surface area contributed by atoms with E-state index in [4.69, 9.17) is 9.47 Å². The standard InChI is InChI=1S/C40H46N4O7/c1-39(2,3)51-36(47)33-21-9-6-14-22-40(4,37(48)43-33)44(25-27-15-7-5-8-16-27)35(46)24-41-34(45)23-42-38(49)50-26-32-30-19-12-10-17-28(30)29-18-11-13-20-31(29)32/h5-13,15-20,32-33H,14,21-26H2,1-4H3,(H,41,45)(H,42,49)(H,43,48)/b9-6-. The van der Waals surface area contributed by atoms with Crippen molar-refractivity contribution in [2.75, 3.05) is 19.7 Å². The Hall–Kier alpha value is -5.45. The summed E-state index contributed by atoms with van der Waals surface area (Å²) in [5.74, 6) is -2.32. The van der Waals surface area contributed by atoms with Crippen molar-refractivity contribution in [2.45, 2.75) is 76.6 Å². The lowest BCUT2D eigenvalue weighted by Gasteiger charge is -2.41. The zero-order chi connectivity index (χ0) is 36.6. The van der Waals surface area contributed by atoms with Gasteiger partial charge in [-0.3, -0.25) is 14.4 Å². The highest BCUT2D eigenvalue weighted by molar-refractivity contribution is 5.95. The second-order valence-corrected chi connectivity index (χ2v) is 14.0. The molecule has 51 heavy (non-hydrogen) atoms. The van der Waals surface area contributed by atoms with Gasteiger partial charge in [0.15, 0.2) is 0 Å². The molecule has 0 radical (unpaired) electrons. The third kappa shape index (κ3) is 9.22. The monoisotopic (exact) mass is 694 g/mol. The van der Waals surface area contributed by atoms with Crippen LogP contribution in [0.5, 0.6) is 0 Å². The Bertz CT molecular complexity index is 1740. The SMILES string of the molecule is CC(C)(C)OC(=O)C1C/C=C\CCC(C)(N(Cc2ccccc2)C(=O)CNC(=O)CNC(=O)OCC2c3ccccc3-c3ccccc32)C(=O)N1. The lowest BCUT2D eigenvalue weighted by Crippen LogP contribution is -2.62. The molecule has 1 aliphatic heterocycles. The quantitative estimate of drug-likeness (QED) is 0.200. The Kier molecular flexibility index (Phi) is 11.6. The minimum atomic E-state index is -1.38. The maximum atomic E-state index is 14.0. The number of nitrogens with one attached hydrogen (secondary N) is 3. The van der Waals surface area contributed by atoms with E-state index in [0.29, 0.717) is 6.42 Å². The van der Waals surface area contributed by atoms with Crippen molar-refractivity contribution >= 4 is 29.8 Å². The largest absolute Gasteiger partial charge is 0.458 e. The van der Waals surface area contributed by atoms with Gasteiger partial charge in [-0.2, -0.15) is 0 Å². The Morgan fingerprint density at radius 1 is 0.863 bits per heavy atom.